The van der Waals surface area contributed by atoms with Gasteiger partial charge in [-0.2, -0.15) is 0 Å². The van der Waals surface area contributed by atoms with Crippen LogP contribution in [-0.4, -0.2) is 16.6 Å². The third kappa shape index (κ3) is 4.66. The normalized spacial score (nSPS) is 15.5. The first-order valence-corrected chi connectivity index (χ1v) is 11.9. The minimum atomic E-state index is -0.518. The molecular weight excluding hydrogens is 430 g/mol. The van der Waals surface area contributed by atoms with E-state index < -0.39 is 6.10 Å². The second-order valence-corrected chi connectivity index (χ2v) is 9.00. The Kier molecular flexibility index (Phi) is 6.54. The summed E-state index contributed by atoms with van der Waals surface area (Å²) in [7, 11) is 0. The number of rotatable bonds is 7. The van der Waals surface area contributed by atoms with E-state index in [4.69, 9.17) is 4.98 Å². The molecule has 4 aromatic rings. The molecule has 0 amide bonds. The Morgan fingerprint density at radius 3 is 2.35 bits per heavy atom. The van der Waals surface area contributed by atoms with Gasteiger partial charge in [0, 0.05) is 29.1 Å². The van der Waals surface area contributed by atoms with Crippen molar-refractivity contribution < 1.29 is 13.9 Å². The lowest BCUT2D eigenvalue weighted by Gasteiger charge is -2.26. The number of fused-ring (bicyclic) bond motifs is 2. The fraction of sp³-hybridized carbons (Fsp3) is 0.276. The molecule has 0 radical (unpaired) electrons. The third-order valence-electron chi connectivity index (χ3n) is 6.71. The van der Waals surface area contributed by atoms with E-state index in [1.165, 1.54) is 24.3 Å². The Bertz CT molecular complexity index is 1260. The number of nitrogens with one attached hydrogen (secondary N) is 1. The van der Waals surface area contributed by atoms with Crippen LogP contribution in [0.4, 0.5) is 14.5 Å². The Morgan fingerprint density at radius 1 is 0.941 bits per heavy atom. The number of hydrogen-bond donors (Lipinski definition) is 2. The maximum atomic E-state index is 14.0. The van der Waals surface area contributed by atoms with Crippen LogP contribution in [0.1, 0.15) is 60.1 Å². The van der Waals surface area contributed by atoms with E-state index in [9.17, 15) is 13.9 Å². The van der Waals surface area contributed by atoms with Gasteiger partial charge in [-0.1, -0.05) is 42.5 Å². The van der Waals surface area contributed by atoms with Crippen molar-refractivity contribution in [2.75, 3.05) is 11.9 Å². The van der Waals surface area contributed by atoms with Crippen LogP contribution in [-0.2, 0) is 6.42 Å². The molecule has 0 aliphatic heterocycles. The summed E-state index contributed by atoms with van der Waals surface area (Å²) >= 11 is 0. The van der Waals surface area contributed by atoms with Crippen molar-refractivity contribution >= 4 is 16.6 Å². The zero-order valence-electron chi connectivity index (χ0n) is 19.0. The monoisotopic (exact) mass is 458 g/mol. The van der Waals surface area contributed by atoms with Crippen molar-refractivity contribution in [2.24, 2.45) is 0 Å². The molecule has 174 valence electrons. The lowest BCUT2D eigenvalue weighted by atomic mass is 9.87. The molecule has 5 heteroatoms. The Labute approximate surface area is 198 Å². The molecule has 0 saturated heterocycles. The van der Waals surface area contributed by atoms with E-state index in [1.807, 2.05) is 36.4 Å². The first kappa shape index (κ1) is 22.5. The quantitative estimate of drug-likeness (QED) is 0.296. The van der Waals surface area contributed by atoms with Crippen molar-refractivity contribution in [3.05, 3.63) is 107 Å². The molecule has 3 nitrogen and oxygen atoms in total. The molecule has 2 N–H and O–H groups in total. The maximum absolute atomic E-state index is 14.0. The maximum Gasteiger partial charge on any atom is 0.123 e. The molecule has 1 heterocycles. The Hall–Kier alpha value is -3.31. The topological polar surface area (TPSA) is 45.2 Å². The lowest BCUT2D eigenvalue weighted by Crippen LogP contribution is -2.16. The van der Waals surface area contributed by atoms with Gasteiger partial charge in [0.05, 0.1) is 17.3 Å². The second kappa shape index (κ2) is 9.90. The summed E-state index contributed by atoms with van der Waals surface area (Å²) in [5, 5.41) is 15.3. The number of aromatic nitrogens is 1. The van der Waals surface area contributed by atoms with Gasteiger partial charge >= 0.3 is 0 Å². The number of aryl methyl sites for hydroxylation is 1. The summed E-state index contributed by atoms with van der Waals surface area (Å²) in [5.74, 6) is -0.691. The van der Waals surface area contributed by atoms with E-state index in [1.54, 1.807) is 12.1 Å². The molecule has 0 saturated carbocycles. The summed E-state index contributed by atoms with van der Waals surface area (Å²) in [4.78, 5) is 4.81. The van der Waals surface area contributed by atoms with Crippen LogP contribution in [0, 0.1) is 11.6 Å². The first-order valence-electron chi connectivity index (χ1n) is 11.9. The van der Waals surface area contributed by atoms with Crippen LogP contribution < -0.4 is 5.32 Å². The minimum absolute atomic E-state index is 0.109. The molecule has 1 unspecified atom stereocenters. The standard InChI is InChI=1S/C29H28F2N2O/c30-21-9-3-7-19(17-21)23(20-8-4-10-22(31)18-20)12-6-16-32-29-24-11-1-2-13-25(24)33-26-14-5-15-27(34)28(26)29/h1-4,7-11,13,17-18,23,27,34H,5-6,12,14-16H2,(H,32,33). The van der Waals surface area contributed by atoms with Crippen molar-refractivity contribution in [1.29, 1.82) is 0 Å². The third-order valence-corrected chi connectivity index (χ3v) is 6.71. The molecule has 3 aromatic carbocycles. The van der Waals surface area contributed by atoms with Gasteiger partial charge in [-0.15, -0.1) is 0 Å². The smallest absolute Gasteiger partial charge is 0.123 e. The predicted octanol–water partition coefficient (Wildman–Crippen LogP) is 6.91. The zero-order valence-corrected chi connectivity index (χ0v) is 19.0. The first-order chi connectivity index (χ1) is 16.6. The van der Waals surface area contributed by atoms with E-state index >= 15 is 0 Å². The number of nitrogens with zero attached hydrogens (tertiary/aromatic N) is 1. The number of benzene rings is 3. The average Bonchev–Trinajstić information content (AvgIpc) is 2.83. The van der Waals surface area contributed by atoms with E-state index in [0.717, 1.165) is 71.1 Å². The van der Waals surface area contributed by atoms with Crippen LogP contribution in [0.3, 0.4) is 0 Å². The number of anilines is 1. The molecule has 0 spiro atoms. The van der Waals surface area contributed by atoms with Gasteiger partial charge in [0.15, 0.2) is 0 Å². The summed E-state index contributed by atoms with van der Waals surface area (Å²) in [5.41, 5.74) is 5.45. The van der Waals surface area contributed by atoms with E-state index in [-0.39, 0.29) is 17.6 Å². The Balaban J connectivity index is 1.38. The molecule has 0 fully saturated rings. The fourth-order valence-electron chi connectivity index (χ4n) is 5.12. The van der Waals surface area contributed by atoms with E-state index in [0.29, 0.717) is 6.54 Å². The number of hydrogen-bond acceptors (Lipinski definition) is 3. The molecule has 5 rings (SSSR count). The lowest BCUT2D eigenvalue weighted by molar-refractivity contribution is 0.156. The largest absolute Gasteiger partial charge is 0.388 e. The van der Waals surface area contributed by atoms with Crippen molar-refractivity contribution in [1.82, 2.24) is 4.98 Å². The van der Waals surface area contributed by atoms with Crippen molar-refractivity contribution in [2.45, 2.75) is 44.1 Å². The van der Waals surface area contributed by atoms with Gasteiger partial charge in [-0.3, -0.25) is 4.98 Å². The Morgan fingerprint density at radius 2 is 1.65 bits per heavy atom. The molecule has 1 atom stereocenters. The molecule has 0 bridgehead atoms. The summed E-state index contributed by atoms with van der Waals surface area (Å²) in [6, 6.07) is 21.1. The highest BCUT2D eigenvalue weighted by Gasteiger charge is 2.25. The fourth-order valence-corrected chi connectivity index (χ4v) is 5.12. The van der Waals surface area contributed by atoms with Crippen LogP contribution in [0.2, 0.25) is 0 Å². The van der Waals surface area contributed by atoms with Crippen molar-refractivity contribution in [3.8, 4) is 0 Å². The van der Waals surface area contributed by atoms with Gasteiger partial charge < -0.3 is 10.4 Å². The summed E-state index contributed by atoms with van der Waals surface area (Å²) < 4.78 is 27.9. The SMILES string of the molecule is OC1CCCc2nc3ccccc3c(NCCCC(c3cccc(F)c3)c3cccc(F)c3)c21. The second-order valence-electron chi connectivity index (χ2n) is 9.00. The highest BCUT2D eigenvalue weighted by Crippen LogP contribution is 2.38. The van der Waals surface area contributed by atoms with Gasteiger partial charge in [0.1, 0.15) is 11.6 Å². The molecule has 34 heavy (non-hydrogen) atoms. The number of aliphatic hydroxyl groups excluding tert-OH is 1. The highest BCUT2D eigenvalue weighted by molar-refractivity contribution is 5.93. The van der Waals surface area contributed by atoms with Gasteiger partial charge in [0.2, 0.25) is 0 Å². The van der Waals surface area contributed by atoms with Crippen LogP contribution in [0.25, 0.3) is 10.9 Å². The zero-order chi connectivity index (χ0) is 23.5. The summed E-state index contributed by atoms with van der Waals surface area (Å²) in [6.07, 6.45) is 3.54. The number of para-hydroxylation sites is 1. The summed E-state index contributed by atoms with van der Waals surface area (Å²) in [6.45, 7) is 0.675. The van der Waals surface area contributed by atoms with Gasteiger partial charge in [-0.05, 0) is 73.6 Å². The van der Waals surface area contributed by atoms with Gasteiger partial charge in [-0.25, -0.2) is 8.78 Å². The average molecular weight is 459 g/mol. The molecule has 1 aliphatic rings. The van der Waals surface area contributed by atoms with Crippen LogP contribution >= 0.6 is 0 Å². The van der Waals surface area contributed by atoms with Gasteiger partial charge in [0.25, 0.3) is 0 Å². The van der Waals surface area contributed by atoms with Crippen LogP contribution in [0.5, 0.6) is 0 Å². The van der Waals surface area contributed by atoms with Crippen LogP contribution in [0.15, 0.2) is 72.8 Å². The number of halogens is 2. The molecule has 1 aliphatic carbocycles. The predicted molar refractivity (Wildman–Crippen MR) is 132 cm³/mol. The van der Waals surface area contributed by atoms with Crippen molar-refractivity contribution in [3.63, 3.8) is 0 Å². The van der Waals surface area contributed by atoms with E-state index in [2.05, 4.69) is 5.32 Å². The molecular formula is C29H28F2N2O. The number of aliphatic hydroxyl groups is 1. The highest BCUT2D eigenvalue weighted by atomic mass is 19.1. The minimum Gasteiger partial charge on any atom is -0.388 e. The molecule has 1 aromatic heterocycles. The number of pyridine rings is 1.